The van der Waals surface area contributed by atoms with E-state index in [9.17, 15) is 5.21 Å². The summed E-state index contributed by atoms with van der Waals surface area (Å²) in [5.74, 6) is 0.126. The van der Waals surface area contributed by atoms with E-state index in [-0.39, 0.29) is 12.2 Å². The summed E-state index contributed by atoms with van der Waals surface area (Å²) in [6, 6.07) is 1.09. The molecule has 0 amide bonds. The van der Waals surface area contributed by atoms with Gasteiger partial charge in [-0.25, -0.2) is 10.4 Å². The molecule has 2 N–H and O–H groups in total. The molecule has 0 spiro atoms. The zero-order valence-electron chi connectivity index (χ0n) is 7.77. The molecule has 0 radical (unpaired) electrons. The van der Waals surface area contributed by atoms with Crippen molar-refractivity contribution in [3.05, 3.63) is 17.0 Å². The number of ether oxygens (including phenoxy) is 2. The molecule has 3 atom stereocenters. The molecule has 0 aliphatic carbocycles. The second kappa shape index (κ2) is 4.93. The number of allylic oxidation sites excluding steroid dienone is 1. The van der Waals surface area contributed by atoms with Crippen LogP contribution in [0.4, 0.5) is 0 Å². The highest BCUT2D eigenvalue weighted by molar-refractivity contribution is 5.15. The van der Waals surface area contributed by atoms with E-state index in [4.69, 9.17) is 19.9 Å². The minimum atomic E-state index is -0.975. The van der Waals surface area contributed by atoms with Crippen molar-refractivity contribution in [3.63, 3.8) is 0 Å². The van der Waals surface area contributed by atoms with Crippen LogP contribution in [-0.2, 0) is 9.47 Å². The van der Waals surface area contributed by atoms with Gasteiger partial charge in [0.1, 0.15) is 6.07 Å². The van der Waals surface area contributed by atoms with Crippen LogP contribution in [0, 0.1) is 16.5 Å². The van der Waals surface area contributed by atoms with Crippen molar-refractivity contribution in [1.29, 1.82) is 5.26 Å². The van der Waals surface area contributed by atoms with Gasteiger partial charge in [0.15, 0.2) is 11.8 Å². The van der Waals surface area contributed by atoms with Crippen molar-refractivity contribution in [3.8, 4) is 6.07 Å². The number of nitriles is 1. The maximum atomic E-state index is 10.8. The summed E-state index contributed by atoms with van der Waals surface area (Å²) in [5.41, 5.74) is 0. The zero-order chi connectivity index (χ0) is 10.6. The molecule has 0 saturated heterocycles. The van der Waals surface area contributed by atoms with Gasteiger partial charge in [-0.2, -0.15) is 5.26 Å². The minimum absolute atomic E-state index is 0.126. The lowest BCUT2D eigenvalue weighted by atomic mass is 10.1. The van der Waals surface area contributed by atoms with Crippen LogP contribution < -0.4 is 5.23 Å². The van der Waals surface area contributed by atoms with Crippen LogP contribution in [0.15, 0.2) is 11.8 Å². The standard InChI is InChI=1S/C8H12N2O4/c1-2-13-8-7(10(11)12)4-3-6(5-9)14-8/h3,7-8,10-11H,2,4H2,1H3/t7-,8+/m0/s1. The molecule has 0 saturated carbocycles. The Morgan fingerprint density at radius 3 is 3.14 bits per heavy atom. The van der Waals surface area contributed by atoms with Crippen LogP contribution in [0.5, 0.6) is 0 Å². The van der Waals surface area contributed by atoms with Crippen molar-refractivity contribution < 1.29 is 19.9 Å². The van der Waals surface area contributed by atoms with E-state index in [2.05, 4.69) is 0 Å². The molecule has 0 aromatic heterocycles. The van der Waals surface area contributed by atoms with Gasteiger partial charge in [0, 0.05) is 13.0 Å². The first-order valence-corrected chi connectivity index (χ1v) is 4.30. The molecular formula is C8H12N2O4. The fourth-order valence-electron chi connectivity index (χ4n) is 1.20. The van der Waals surface area contributed by atoms with Gasteiger partial charge >= 0.3 is 0 Å². The fourth-order valence-corrected chi connectivity index (χ4v) is 1.20. The first-order valence-electron chi connectivity index (χ1n) is 4.30. The number of quaternary nitrogens is 1. The number of hydrogen-bond donors (Lipinski definition) is 2. The van der Waals surface area contributed by atoms with Crippen molar-refractivity contribution in [2.45, 2.75) is 25.7 Å². The molecule has 14 heavy (non-hydrogen) atoms. The monoisotopic (exact) mass is 200 g/mol. The van der Waals surface area contributed by atoms with Crippen molar-refractivity contribution in [2.75, 3.05) is 6.61 Å². The maximum absolute atomic E-state index is 10.8. The van der Waals surface area contributed by atoms with E-state index in [0.717, 1.165) is 0 Å². The summed E-state index contributed by atoms with van der Waals surface area (Å²) in [5, 5.41) is 27.2. The highest BCUT2D eigenvalue weighted by Gasteiger charge is 2.33. The highest BCUT2D eigenvalue weighted by Crippen LogP contribution is 2.16. The Labute approximate surface area is 81.5 Å². The maximum Gasteiger partial charge on any atom is 0.256 e. The summed E-state index contributed by atoms with van der Waals surface area (Å²) in [4.78, 5) is 0. The lowest BCUT2D eigenvalue weighted by Gasteiger charge is -2.32. The molecule has 6 nitrogen and oxygen atoms in total. The third-order valence-corrected chi connectivity index (χ3v) is 1.89. The van der Waals surface area contributed by atoms with Crippen molar-refractivity contribution in [2.24, 2.45) is 0 Å². The van der Waals surface area contributed by atoms with Gasteiger partial charge in [0.2, 0.25) is 0 Å². The van der Waals surface area contributed by atoms with Gasteiger partial charge in [0.05, 0.1) is 0 Å². The fraction of sp³-hybridized carbons (Fsp3) is 0.625. The summed E-state index contributed by atoms with van der Waals surface area (Å²) >= 11 is 0. The first kappa shape index (κ1) is 10.9. The second-order valence-electron chi connectivity index (χ2n) is 2.80. The van der Waals surface area contributed by atoms with Gasteiger partial charge in [-0.3, -0.25) is 0 Å². The van der Waals surface area contributed by atoms with E-state index in [1.807, 2.05) is 6.07 Å². The summed E-state index contributed by atoms with van der Waals surface area (Å²) < 4.78 is 10.1. The molecule has 0 aromatic carbocycles. The summed E-state index contributed by atoms with van der Waals surface area (Å²) in [6.45, 7) is 2.10. The molecule has 0 aromatic rings. The predicted molar refractivity (Wildman–Crippen MR) is 44.7 cm³/mol. The van der Waals surface area contributed by atoms with Crippen LogP contribution in [0.2, 0.25) is 0 Å². The van der Waals surface area contributed by atoms with Crippen molar-refractivity contribution in [1.82, 2.24) is 0 Å². The molecule has 1 unspecified atom stereocenters. The average molecular weight is 200 g/mol. The van der Waals surface area contributed by atoms with Crippen LogP contribution in [0.25, 0.3) is 0 Å². The third kappa shape index (κ3) is 2.43. The Balaban J connectivity index is 2.68. The average Bonchev–Trinajstić information content (AvgIpc) is 2.17. The number of hydroxylamine groups is 2. The Kier molecular flexibility index (Phi) is 3.85. The Morgan fingerprint density at radius 2 is 2.64 bits per heavy atom. The van der Waals surface area contributed by atoms with Gasteiger partial charge in [0.25, 0.3) is 6.29 Å². The number of rotatable bonds is 3. The number of hydrogen-bond acceptors (Lipinski definition) is 5. The van der Waals surface area contributed by atoms with E-state index in [1.165, 1.54) is 6.08 Å². The largest absolute Gasteiger partial charge is 0.600 e. The SMILES string of the molecule is CCO[C@@H]1OC(C#N)=CC[C@@H]1[NH+]([O-])O. The van der Waals surface area contributed by atoms with Crippen LogP contribution >= 0.6 is 0 Å². The molecule has 1 heterocycles. The lowest BCUT2D eigenvalue weighted by molar-refractivity contribution is -1.07. The number of nitrogens with zero attached hydrogens (tertiary/aromatic N) is 1. The van der Waals surface area contributed by atoms with E-state index >= 15 is 0 Å². The summed E-state index contributed by atoms with van der Waals surface area (Å²) in [7, 11) is 0. The molecular weight excluding hydrogens is 188 g/mol. The predicted octanol–water partition coefficient (Wildman–Crippen LogP) is -0.683. The Hall–Kier alpha value is -1.13. The Bertz CT molecular complexity index is 259. The molecule has 0 bridgehead atoms. The number of nitrogens with one attached hydrogen (secondary N) is 1. The van der Waals surface area contributed by atoms with Crippen molar-refractivity contribution >= 4 is 0 Å². The topological polar surface area (TPSA) is 90.0 Å². The second-order valence-corrected chi connectivity index (χ2v) is 2.80. The lowest BCUT2D eigenvalue weighted by Crippen LogP contribution is -3.10. The molecule has 1 aliphatic rings. The van der Waals surface area contributed by atoms with E-state index in [1.54, 1.807) is 6.92 Å². The molecule has 6 heteroatoms. The van der Waals surface area contributed by atoms with Crippen LogP contribution in [-0.4, -0.2) is 24.1 Å². The van der Waals surface area contributed by atoms with Gasteiger partial charge < -0.3 is 14.7 Å². The minimum Gasteiger partial charge on any atom is -0.600 e. The first-order chi connectivity index (χ1) is 6.69. The normalized spacial score (nSPS) is 28.6. The molecule has 1 aliphatic heterocycles. The van der Waals surface area contributed by atoms with E-state index < -0.39 is 17.6 Å². The quantitative estimate of drug-likeness (QED) is 0.589. The Morgan fingerprint density at radius 1 is 1.93 bits per heavy atom. The van der Waals surface area contributed by atoms with Gasteiger partial charge in [-0.05, 0) is 13.0 Å². The smallest absolute Gasteiger partial charge is 0.256 e. The zero-order valence-corrected chi connectivity index (χ0v) is 7.77. The summed E-state index contributed by atoms with van der Waals surface area (Å²) in [6.07, 6.45) is 0.883. The van der Waals surface area contributed by atoms with Gasteiger partial charge in [-0.1, -0.05) is 0 Å². The van der Waals surface area contributed by atoms with E-state index in [0.29, 0.717) is 6.61 Å². The highest BCUT2D eigenvalue weighted by atomic mass is 16.8. The van der Waals surface area contributed by atoms with Crippen LogP contribution in [0.3, 0.4) is 0 Å². The van der Waals surface area contributed by atoms with Gasteiger partial charge in [-0.15, -0.1) is 0 Å². The van der Waals surface area contributed by atoms with Crippen LogP contribution in [0.1, 0.15) is 13.3 Å². The molecule has 1 rings (SSSR count). The molecule has 0 fully saturated rings. The molecule has 78 valence electrons. The third-order valence-electron chi connectivity index (χ3n) is 1.89.